The normalized spacial score (nSPS) is 10.9. The summed E-state index contributed by atoms with van der Waals surface area (Å²) in [5.74, 6) is 0.865. The zero-order chi connectivity index (χ0) is 11.8. The van der Waals surface area contributed by atoms with Gasteiger partial charge in [-0.05, 0) is 34.5 Å². The Bertz CT molecular complexity index is 688. The van der Waals surface area contributed by atoms with Crippen molar-refractivity contribution in [2.75, 3.05) is 0 Å². The minimum absolute atomic E-state index is 0.812. The van der Waals surface area contributed by atoms with Gasteiger partial charge in [0.05, 0.1) is 0 Å². The van der Waals surface area contributed by atoms with Crippen LogP contribution in [-0.4, -0.2) is 15.0 Å². The van der Waals surface area contributed by atoms with E-state index in [0.29, 0.717) is 0 Å². The number of H-pyrrole nitrogens is 1. The summed E-state index contributed by atoms with van der Waals surface area (Å²) in [5.41, 5.74) is 4.00. The molecule has 0 atom stereocenters. The zero-order valence-electron chi connectivity index (χ0n) is 9.24. The Morgan fingerprint density at radius 3 is 2.88 bits per heavy atom. The third-order valence-corrected chi connectivity index (χ3v) is 3.14. The van der Waals surface area contributed by atoms with Gasteiger partial charge in [0, 0.05) is 16.2 Å². The molecule has 0 aliphatic rings. The Kier molecular flexibility index (Phi) is 2.44. The van der Waals surface area contributed by atoms with Gasteiger partial charge in [-0.15, -0.1) is 0 Å². The maximum atomic E-state index is 4.56. The van der Waals surface area contributed by atoms with Crippen LogP contribution >= 0.6 is 15.9 Å². The highest BCUT2D eigenvalue weighted by Crippen LogP contribution is 2.23. The SMILES string of the molecule is Cc1ccccc1-c1nc2cc(Br)cnc2[nH]1. The predicted molar refractivity (Wildman–Crippen MR) is 71.8 cm³/mol. The maximum absolute atomic E-state index is 4.56. The van der Waals surface area contributed by atoms with Gasteiger partial charge in [-0.1, -0.05) is 24.3 Å². The minimum atomic E-state index is 0.812. The van der Waals surface area contributed by atoms with Crippen LogP contribution in [-0.2, 0) is 0 Å². The van der Waals surface area contributed by atoms with E-state index in [-0.39, 0.29) is 0 Å². The van der Waals surface area contributed by atoms with Gasteiger partial charge >= 0.3 is 0 Å². The first-order chi connectivity index (χ1) is 8.24. The highest BCUT2D eigenvalue weighted by atomic mass is 79.9. The average molecular weight is 288 g/mol. The van der Waals surface area contributed by atoms with E-state index in [9.17, 15) is 0 Å². The molecule has 2 aromatic heterocycles. The number of halogens is 1. The van der Waals surface area contributed by atoms with Crippen LogP contribution in [0.3, 0.4) is 0 Å². The second-order valence-electron chi connectivity index (χ2n) is 3.92. The van der Waals surface area contributed by atoms with E-state index in [2.05, 4.69) is 49.9 Å². The molecule has 0 fully saturated rings. The van der Waals surface area contributed by atoms with E-state index in [1.807, 2.05) is 18.2 Å². The summed E-state index contributed by atoms with van der Waals surface area (Å²) in [7, 11) is 0. The standard InChI is InChI=1S/C13H10BrN3/c1-8-4-2-3-5-10(8)12-16-11-6-9(14)7-15-13(11)17-12/h2-7H,1H3,(H,15,16,17). The number of benzene rings is 1. The van der Waals surface area contributed by atoms with Crippen LogP contribution in [0.2, 0.25) is 0 Å². The lowest BCUT2D eigenvalue weighted by Crippen LogP contribution is -1.84. The number of aryl methyl sites for hydroxylation is 1. The van der Waals surface area contributed by atoms with E-state index in [1.165, 1.54) is 5.56 Å². The van der Waals surface area contributed by atoms with Crippen LogP contribution in [0.5, 0.6) is 0 Å². The third-order valence-electron chi connectivity index (χ3n) is 2.70. The topological polar surface area (TPSA) is 41.6 Å². The van der Waals surface area contributed by atoms with Crippen molar-refractivity contribution in [2.45, 2.75) is 6.92 Å². The molecule has 3 aromatic rings. The number of imidazole rings is 1. The first-order valence-corrected chi connectivity index (χ1v) is 6.10. The van der Waals surface area contributed by atoms with Gasteiger partial charge in [0.2, 0.25) is 0 Å². The largest absolute Gasteiger partial charge is 0.323 e. The lowest BCUT2D eigenvalue weighted by Gasteiger charge is -1.99. The summed E-state index contributed by atoms with van der Waals surface area (Å²) in [6.07, 6.45) is 1.77. The average Bonchev–Trinajstić information content (AvgIpc) is 2.72. The van der Waals surface area contributed by atoms with Gasteiger partial charge in [0.1, 0.15) is 11.3 Å². The van der Waals surface area contributed by atoms with Crippen LogP contribution in [0.15, 0.2) is 41.0 Å². The van der Waals surface area contributed by atoms with Crippen LogP contribution in [0.1, 0.15) is 5.56 Å². The predicted octanol–water partition coefficient (Wildman–Crippen LogP) is 3.70. The fourth-order valence-electron chi connectivity index (χ4n) is 1.84. The number of rotatable bonds is 1. The van der Waals surface area contributed by atoms with Crippen molar-refractivity contribution in [3.63, 3.8) is 0 Å². The van der Waals surface area contributed by atoms with E-state index >= 15 is 0 Å². The Morgan fingerprint density at radius 2 is 2.06 bits per heavy atom. The molecule has 3 rings (SSSR count). The summed E-state index contributed by atoms with van der Waals surface area (Å²) in [6, 6.07) is 10.1. The van der Waals surface area contributed by atoms with Gasteiger partial charge in [0.15, 0.2) is 5.65 Å². The highest BCUT2D eigenvalue weighted by Gasteiger charge is 2.07. The molecule has 17 heavy (non-hydrogen) atoms. The maximum Gasteiger partial charge on any atom is 0.157 e. The molecular formula is C13H10BrN3. The van der Waals surface area contributed by atoms with Crippen molar-refractivity contribution in [3.05, 3.63) is 46.6 Å². The first-order valence-electron chi connectivity index (χ1n) is 5.31. The molecule has 0 unspecified atom stereocenters. The van der Waals surface area contributed by atoms with E-state index in [4.69, 9.17) is 0 Å². The molecule has 0 saturated heterocycles. The number of hydrogen-bond acceptors (Lipinski definition) is 2. The number of aromatic amines is 1. The molecule has 0 bridgehead atoms. The number of nitrogens with one attached hydrogen (secondary N) is 1. The van der Waals surface area contributed by atoms with Crippen LogP contribution in [0.25, 0.3) is 22.6 Å². The number of hydrogen-bond donors (Lipinski definition) is 1. The van der Waals surface area contributed by atoms with E-state index in [1.54, 1.807) is 6.20 Å². The molecule has 0 amide bonds. The summed E-state index contributed by atoms with van der Waals surface area (Å²) in [4.78, 5) is 12.1. The van der Waals surface area contributed by atoms with Crippen LogP contribution in [0.4, 0.5) is 0 Å². The summed E-state index contributed by atoms with van der Waals surface area (Å²) in [6.45, 7) is 2.08. The van der Waals surface area contributed by atoms with Crippen molar-refractivity contribution in [2.24, 2.45) is 0 Å². The summed E-state index contributed by atoms with van der Waals surface area (Å²) >= 11 is 3.40. The highest BCUT2D eigenvalue weighted by molar-refractivity contribution is 9.10. The van der Waals surface area contributed by atoms with Gasteiger partial charge in [0.25, 0.3) is 0 Å². The molecule has 2 heterocycles. The van der Waals surface area contributed by atoms with Crippen molar-refractivity contribution in [1.29, 1.82) is 0 Å². The smallest absolute Gasteiger partial charge is 0.157 e. The second kappa shape index (κ2) is 3.96. The van der Waals surface area contributed by atoms with Gasteiger partial charge < -0.3 is 4.98 Å². The Hall–Kier alpha value is -1.68. The van der Waals surface area contributed by atoms with Gasteiger partial charge in [-0.3, -0.25) is 0 Å². The molecule has 3 nitrogen and oxygen atoms in total. The second-order valence-corrected chi connectivity index (χ2v) is 4.84. The van der Waals surface area contributed by atoms with E-state index < -0.39 is 0 Å². The molecule has 84 valence electrons. The van der Waals surface area contributed by atoms with Gasteiger partial charge in [-0.2, -0.15) is 0 Å². The molecular weight excluding hydrogens is 278 g/mol. The Labute approximate surface area is 107 Å². The van der Waals surface area contributed by atoms with Crippen LogP contribution in [0, 0.1) is 6.92 Å². The lowest BCUT2D eigenvalue weighted by molar-refractivity contribution is 1.28. The number of aromatic nitrogens is 3. The molecule has 0 radical (unpaired) electrons. The van der Waals surface area contributed by atoms with Crippen LogP contribution < -0.4 is 0 Å². The van der Waals surface area contributed by atoms with Gasteiger partial charge in [-0.25, -0.2) is 9.97 Å². The zero-order valence-corrected chi connectivity index (χ0v) is 10.8. The molecule has 0 aliphatic carbocycles. The first kappa shape index (κ1) is 10.5. The van der Waals surface area contributed by atoms with Crippen molar-refractivity contribution >= 4 is 27.1 Å². The molecule has 4 heteroatoms. The van der Waals surface area contributed by atoms with Crippen molar-refractivity contribution in [3.8, 4) is 11.4 Å². The monoisotopic (exact) mass is 287 g/mol. The molecule has 0 spiro atoms. The summed E-state index contributed by atoms with van der Waals surface area (Å²) < 4.78 is 0.938. The Balaban J connectivity index is 2.22. The van der Waals surface area contributed by atoms with Crippen molar-refractivity contribution < 1.29 is 0 Å². The Morgan fingerprint density at radius 1 is 1.24 bits per heavy atom. The third kappa shape index (κ3) is 1.85. The number of nitrogens with zero attached hydrogens (tertiary/aromatic N) is 2. The molecule has 1 aromatic carbocycles. The minimum Gasteiger partial charge on any atom is -0.323 e. The molecule has 1 N–H and O–H groups in total. The quantitative estimate of drug-likeness (QED) is 0.742. The van der Waals surface area contributed by atoms with E-state index in [0.717, 1.165) is 27.0 Å². The summed E-state index contributed by atoms with van der Waals surface area (Å²) in [5, 5.41) is 0. The molecule has 0 aliphatic heterocycles. The number of pyridine rings is 1. The molecule has 0 saturated carbocycles. The fourth-order valence-corrected chi connectivity index (χ4v) is 2.16. The number of fused-ring (bicyclic) bond motifs is 1. The fraction of sp³-hybridized carbons (Fsp3) is 0.0769. The van der Waals surface area contributed by atoms with Crippen molar-refractivity contribution in [1.82, 2.24) is 15.0 Å². The lowest BCUT2D eigenvalue weighted by atomic mass is 10.1.